The van der Waals surface area contributed by atoms with Gasteiger partial charge in [0.05, 0.1) is 5.69 Å². The molecule has 3 aromatic rings. The highest BCUT2D eigenvalue weighted by atomic mass is 32.2. The number of rotatable bonds is 6. The van der Waals surface area contributed by atoms with Crippen LogP contribution in [-0.4, -0.2) is 47.1 Å². The maximum atomic E-state index is 12.4. The molecule has 190 valence electrons. The first kappa shape index (κ1) is 24.9. The second-order valence-corrected chi connectivity index (χ2v) is 11.7. The lowest BCUT2D eigenvalue weighted by molar-refractivity contribution is 0.00403. The van der Waals surface area contributed by atoms with Crippen LogP contribution < -0.4 is 15.2 Å². The zero-order chi connectivity index (χ0) is 25.3. The van der Waals surface area contributed by atoms with Crippen molar-refractivity contribution in [2.24, 2.45) is 5.41 Å². The molecule has 36 heavy (non-hydrogen) atoms. The molecule has 2 aromatic carbocycles. The van der Waals surface area contributed by atoms with E-state index in [1.165, 1.54) is 43.4 Å². The second kappa shape index (κ2) is 10.3. The van der Waals surface area contributed by atoms with E-state index in [0.717, 1.165) is 47.3 Å². The van der Waals surface area contributed by atoms with Gasteiger partial charge >= 0.3 is 0 Å². The minimum Gasteiger partial charge on any atom is -0.370 e. The third-order valence-electron chi connectivity index (χ3n) is 7.86. The van der Waals surface area contributed by atoms with Gasteiger partial charge in [-0.25, -0.2) is 4.98 Å². The Labute approximate surface area is 218 Å². The molecular formula is C29H37N5OS. The van der Waals surface area contributed by atoms with Crippen LogP contribution in [0.1, 0.15) is 44.2 Å². The van der Waals surface area contributed by atoms with Crippen molar-refractivity contribution in [3.63, 3.8) is 0 Å². The van der Waals surface area contributed by atoms with Gasteiger partial charge in [0.1, 0.15) is 0 Å². The third kappa shape index (κ3) is 5.32. The van der Waals surface area contributed by atoms with Crippen molar-refractivity contribution >= 4 is 23.6 Å². The predicted octanol–water partition coefficient (Wildman–Crippen LogP) is 5.87. The molecule has 0 amide bonds. The molecular weight excluding hydrogens is 466 g/mol. The van der Waals surface area contributed by atoms with Gasteiger partial charge in [0.2, 0.25) is 5.95 Å². The van der Waals surface area contributed by atoms with E-state index in [-0.39, 0.29) is 5.56 Å². The predicted molar refractivity (Wildman–Crippen MR) is 151 cm³/mol. The Hall–Kier alpha value is -2.77. The molecule has 0 bridgehead atoms. The van der Waals surface area contributed by atoms with Crippen LogP contribution in [-0.2, 0) is 0 Å². The largest absolute Gasteiger partial charge is 0.370 e. The molecule has 2 fully saturated rings. The number of benzene rings is 2. The zero-order valence-electron chi connectivity index (χ0n) is 21.8. The summed E-state index contributed by atoms with van der Waals surface area (Å²) in [5, 5.41) is 0. The van der Waals surface area contributed by atoms with Crippen LogP contribution in [0.4, 0.5) is 11.6 Å². The number of H-pyrrole nitrogens is 1. The number of anilines is 2. The Morgan fingerprint density at radius 1 is 1.03 bits per heavy atom. The highest BCUT2D eigenvalue weighted by molar-refractivity contribution is 8.00. The van der Waals surface area contributed by atoms with E-state index in [4.69, 9.17) is 4.98 Å². The summed E-state index contributed by atoms with van der Waals surface area (Å²) < 4.78 is 3.26. The van der Waals surface area contributed by atoms with Crippen molar-refractivity contribution in [2.75, 3.05) is 35.8 Å². The summed E-state index contributed by atoms with van der Waals surface area (Å²) in [6.07, 6.45) is 3.88. The fourth-order valence-electron chi connectivity index (χ4n) is 5.74. The van der Waals surface area contributed by atoms with Gasteiger partial charge in [0.25, 0.3) is 5.56 Å². The number of hydrogen-bond acceptors (Lipinski definition) is 6. The number of aryl methyl sites for hydroxylation is 2. The fourth-order valence-corrected chi connectivity index (χ4v) is 6.38. The number of aromatic amines is 1. The van der Waals surface area contributed by atoms with Crippen LogP contribution in [0.2, 0.25) is 0 Å². The van der Waals surface area contributed by atoms with Crippen LogP contribution in [0, 0.1) is 19.3 Å². The van der Waals surface area contributed by atoms with Crippen molar-refractivity contribution in [2.45, 2.75) is 57.9 Å². The summed E-state index contributed by atoms with van der Waals surface area (Å²) in [5.41, 5.74) is 5.47. The molecule has 1 atom stereocenters. The van der Waals surface area contributed by atoms with Crippen molar-refractivity contribution in [1.29, 1.82) is 0 Å². The molecule has 1 aliphatic carbocycles. The molecule has 2 heterocycles. The van der Waals surface area contributed by atoms with Crippen molar-refractivity contribution in [3.8, 4) is 11.3 Å². The molecule has 1 unspecified atom stereocenters. The van der Waals surface area contributed by atoms with Gasteiger partial charge in [-0.1, -0.05) is 38.1 Å². The molecule has 0 spiro atoms. The number of nitrogens with one attached hydrogen (secondary N) is 2. The first-order valence-electron chi connectivity index (χ1n) is 13.0. The lowest BCUT2D eigenvalue weighted by Crippen LogP contribution is -2.53. The Balaban J connectivity index is 1.26. The van der Waals surface area contributed by atoms with Crippen LogP contribution in [0.3, 0.4) is 0 Å². The standard InChI is InChI=1S/C29H37N5OS/c1-20-8-5-9-21(2)27(20)24-19-26(35)31-28(30-24)32-36-23-11-6-10-22(18-23)33-14-7-15-34(17-16-33)25-12-13-29(25,3)4/h5-6,8-11,18-19,25H,7,12-17H2,1-4H3,(H2,30,31,32,35). The topological polar surface area (TPSA) is 64.3 Å². The molecule has 2 aliphatic rings. The summed E-state index contributed by atoms with van der Waals surface area (Å²) in [6.45, 7) is 13.4. The minimum atomic E-state index is -0.164. The molecule has 1 saturated heterocycles. The normalized spacial score (nSPS) is 20.0. The number of hydrogen-bond donors (Lipinski definition) is 2. The van der Waals surface area contributed by atoms with Crippen LogP contribution in [0.15, 0.2) is 58.2 Å². The highest BCUT2D eigenvalue weighted by Crippen LogP contribution is 2.43. The zero-order valence-corrected chi connectivity index (χ0v) is 22.6. The summed E-state index contributed by atoms with van der Waals surface area (Å²) in [7, 11) is 0. The van der Waals surface area contributed by atoms with E-state index in [1.54, 1.807) is 6.07 Å². The third-order valence-corrected chi connectivity index (χ3v) is 8.65. The van der Waals surface area contributed by atoms with Crippen molar-refractivity contribution in [1.82, 2.24) is 14.9 Å². The van der Waals surface area contributed by atoms with E-state index in [9.17, 15) is 4.79 Å². The molecule has 5 rings (SSSR count). The van der Waals surface area contributed by atoms with Gasteiger partial charge in [-0.05, 0) is 79.8 Å². The van der Waals surface area contributed by atoms with Gasteiger partial charge in [0.15, 0.2) is 0 Å². The molecule has 0 radical (unpaired) electrons. The average molecular weight is 504 g/mol. The molecule has 6 nitrogen and oxygen atoms in total. The average Bonchev–Trinajstić information content (AvgIpc) is 3.08. The quantitative estimate of drug-likeness (QED) is 0.410. The molecule has 1 aliphatic heterocycles. The van der Waals surface area contributed by atoms with Gasteiger partial charge in [-0.2, -0.15) is 0 Å². The Morgan fingerprint density at radius 3 is 2.53 bits per heavy atom. The molecule has 7 heteroatoms. The molecule has 1 saturated carbocycles. The SMILES string of the molecule is Cc1cccc(C)c1-c1cc(=O)[nH]c(NSc2cccc(N3CCCN(C4CCC4(C)C)CC3)c2)n1. The smallest absolute Gasteiger partial charge is 0.252 e. The second-order valence-electron chi connectivity index (χ2n) is 10.9. The maximum absolute atomic E-state index is 12.4. The van der Waals surface area contributed by atoms with Crippen LogP contribution in [0.25, 0.3) is 11.3 Å². The van der Waals surface area contributed by atoms with Gasteiger partial charge in [-0.3, -0.25) is 19.4 Å². The van der Waals surface area contributed by atoms with Crippen LogP contribution >= 0.6 is 11.9 Å². The van der Waals surface area contributed by atoms with E-state index in [2.05, 4.69) is 57.6 Å². The minimum absolute atomic E-state index is 0.164. The van der Waals surface area contributed by atoms with E-state index < -0.39 is 0 Å². The molecule has 1 aromatic heterocycles. The number of nitrogens with zero attached hydrogens (tertiary/aromatic N) is 3. The van der Waals surface area contributed by atoms with Crippen molar-refractivity contribution in [3.05, 3.63) is 70.0 Å². The van der Waals surface area contributed by atoms with Crippen molar-refractivity contribution < 1.29 is 0 Å². The first-order chi connectivity index (χ1) is 17.3. The summed E-state index contributed by atoms with van der Waals surface area (Å²) >= 11 is 1.48. The van der Waals surface area contributed by atoms with Gasteiger partial charge in [-0.15, -0.1) is 0 Å². The fraction of sp³-hybridized carbons (Fsp3) is 0.448. The molecule has 2 N–H and O–H groups in total. The number of aromatic nitrogens is 2. The lowest BCUT2D eigenvalue weighted by atomic mass is 9.66. The monoisotopic (exact) mass is 503 g/mol. The Kier molecular flexibility index (Phi) is 7.13. The summed E-state index contributed by atoms with van der Waals surface area (Å²) in [4.78, 5) is 26.3. The Bertz CT molecular complexity index is 1270. The summed E-state index contributed by atoms with van der Waals surface area (Å²) in [6, 6.07) is 17.1. The lowest BCUT2D eigenvalue weighted by Gasteiger charge is -2.50. The van der Waals surface area contributed by atoms with E-state index in [0.29, 0.717) is 17.1 Å². The van der Waals surface area contributed by atoms with Gasteiger partial charge in [0, 0.05) is 54.4 Å². The first-order valence-corrected chi connectivity index (χ1v) is 13.8. The maximum Gasteiger partial charge on any atom is 0.252 e. The van der Waals surface area contributed by atoms with Crippen LogP contribution in [0.5, 0.6) is 0 Å². The highest BCUT2D eigenvalue weighted by Gasteiger charge is 2.42. The van der Waals surface area contributed by atoms with E-state index >= 15 is 0 Å². The summed E-state index contributed by atoms with van der Waals surface area (Å²) in [5.74, 6) is 0.462. The van der Waals surface area contributed by atoms with Gasteiger partial charge < -0.3 is 4.90 Å². The van der Waals surface area contributed by atoms with E-state index in [1.807, 2.05) is 32.0 Å². The Morgan fingerprint density at radius 2 is 1.81 bits per heavy atom.